The zero-order valence-electron chi connectivity index (χ0n) is 17.4. The van der Waals surface area contributed by atoms with Crippen molar-refractivity contribution in [3.05, 3.63) is 58.6 Å². The monoisotopic (exact) mass is 429 g/mol. The lowest BCUT2D eigenvalue weighted by Crippen LogP contribution is -2.47. The molecule has 6 heteroatoms. The summed E-state index contributed by atoms with van der Waals surface area (Å²) in [5.41, 5.74) is 2.95. The summed E-state index contributed by atoms with van der Waals surface area (Å²) in [6.07, 6.45) is 4.74. The fourth-order valence-corrected chi connectivity index (χ4v) is 4.12. The number of hydrogen-bond acceptors (Lipinski definition) is 4. The molecular formula is C24H28ClNO4. The number of hydrogen-bond donors (Lipinski definition) is 0. The maximum atomic E-state index is 13.4. The number of carbonyl (C=O) groups excluding carboxylic acids is 1. The molecule has 2 aliphatic heterocycles. The van der Waals surface area contributed by atoms with Crippen molar-refractivity contribution >= 4 is 23.2 Å². The normalized spacial score (nSPS) is 17.4. The van der Waals surface area contributed by atoms with E-state index in [1.165, 1.54) is 5.56 Å². The van der Waals surface area contributed by atoms with E-state index in [2.05, 4.69) is 19.1 Å². The molecule has 0 bridgehead atoms. The third-order valence-corrected chi connectivity index (χ3v) is 5.81. The summed E-state index contributed by atoms with van der Waals surface area (Å²) in [7, 11) is 0. The Labute approximate surface area is 182 Å². The molecule has 0 aromatic heterocycles. The van der Waals surface area contributed by atoms with Gasteiger partial charge in [0.05, 0.1) is 25.5 Å². The lowest BCUT2D eigenvalue weighted by Gasteiger charge is -2.32. The minimum atomic E-state index is -1.28. The van der Waals surface area contributed by atoms with Gasteiger partial charge in [0.15, 0.2) is 0 Å². The first-order valence-corrected chi connectivity index (χ1v) is 11.1. The SMILES string of the molecule is CCCCc1ccc2c(c1)C1(OCCCO1)C(=O)N2CCCOc1ccc(Cl)cc1. The van der Waals surface area contributed by atoms with Crippen LogP contribution in [0.3, 0.4) is 0 Å². The molecule has 1 spiro atoms. The van der Waals surface area contributed by atoms with Crippen LogP contribution in [-0.4, -0.2) is 32.3 Å². The molecule has 2 aliphatic rings. The fraction of sp³-hybridized carbons (Fsp3) is 0.458. The molecule has 0 atom stereocenters. The van der Waals surface area contributed by atoms with Gasteiger partial charge in [0.2, 0.25) is 0 Å². The van der Waals surface area contributed by atoms with Crippen molar-refractivity contribution in [2.24, 2.45) is 0 Å². The molecule has 5 nitrogen and oxygen atoms in total. The van der Waals surface area contributed by atoms with Gasteiger partial charge in [-0.1, -0.05) is 31.0 Å². The van der Waals surface area contributed by atoms with E-state index in [1.54, 1.807) is 17.0 Å². The quantitative estimate of drug-likeness (QED) is 0.548. The molecule has 0 aliphatic carbocycles. The average Bonchev–Trinajstić information content (AvgIpc) is 2.99. The molecule has 4 rings (SSSR count). The minimum Gasteiger partial charge on any atom is -0.494 e. The Morgan fingerprint density at radius 2 is 1.87 bits per heavy atom. The van der Waals surface area contributed by atoms with E-state index in [9.17, 15) is 4.79 Å². The first kappa shape index (κ1) is 21.2. The van der Waals surface area contributed by atoms with E-state index < -0.39 is 5.79 Å². The number of amides is 1. The van der Waals surface area contributed by atoms with Gasteiger partial charge >= 0.3 is 0 Å². The van der Waals surface area contributed by atoms with E-state index in [1.807, 2.05) is 18.2 Å². The molecule has 2 heterocycles. The Bertz CT molecular complexity index is 877. The Balaban J connectivity index is 1.48. The summed E-state index contributed by atoms with van der Waals surface area (Å²) in [6.45, 7) is 4.28. The number of benzene rings is 2. The summed E-state index contributed by atoms with van der Waals surface area (Å²) < 4.78 is 17.8. The summed E-state index contributed by atoms with van der Waals surface area (Å²) in [6, 6.07) is 13.5. The lowest BCUT2D eigenvalue weighted by molar-refractivity contribution is -0.256. The average molecular weight is 430 g/mol. The predicted octanol–water partition coefficient (Wildman–Crippen LogP) is 5.09. The standard InChI is InChI=1S/C24H28ClNO4/c1-2-3-6-18-7-12-22-21(17-18)24(29-15-5-16-30-24)23(27)26(22)13-4-14-28-20-10-8-19(25)9-11-20/h7-12,17H,2-6,13-16H2,1H3. The van der Waals surface area contributed by atoms with Crippen LogP contribution >= 0.6 is 11.6 Å². The van der Waals surface area contributed by atoms with E-state index in [4.69, 9.17) is 25.8 Å². The summed E-state index contributed by atoms with van der Waals surface area (Å²) in [5.74, 6) is -0.646. The molecule has 30 heavy (non-hydrogen) atoms. The Morgan fingerprint density at radius 3 is 2.60 bits per heavy atom. The number of unbranched alkanes of at least 4 members (excludes halogenated alkanes) is 1. The molecular weight excluding hydrogens is 402 g/mol. The van der Waals surface area contributed by atoms with Gasteiger partial charge < -0.3 is 19.1 Å². The first-order valence-electron chi connectivity index (χ1n) is 10.8. The van der Waals surface area contributed by atoms with Crippen LogP contribution in [-0.2, 0) is 26.5 Å². The van der Waals surface area contributed by atoms with Crippen LogP contribution < -0.4 is 9.64 Å². The molecule has 2 aromatic carbocycles. The largest absolute Gasteiger partial charge is 0.494 e. The van der Waals surface area contributed by atoms with Gasteiger partial charge in [-0.05, 0) is 67.6 Å². The summed E-state index contributed by atoms with van der Waals surface area (Å²) >= 11 is 5.91. The van der Waals surface area contributed by atoms with E-state index in [0.29, 0.717) is 37.8 Å². The fourth-order valence-electron chi connectivity index (χ4n) is 4.00. The topological polar surface area (TPSA) is 48.0 Å². The van der Waals surface area contributed by atoms with Crippen molar-refractivity contribution < 1.29 is 19.0 Å². The van der Waals surface area contributed by atoms with Gasteiger partial charge in [-0.3, -0.25) is 4.79 Å². The van der Waals surface area contributed by atoms with Crippen molar-refractivity contribution in [3.63, 3.8) is 0 Å². The van der Waals surface area contributed by atoms with Gasteiger partial charge in [-0.2, -0.15) is 0 Å². The molecule has 2 aromatic rings. The number of nitrogens with zero attached hydrogens (tertiary/aromatic N) is 1. The van der Waals surface area contributed by atoms with Gasteiger partial charge in [0.25, 0.3) is 11.7 Å². The predicted molar refractivity (Wildman–Crippen MR) is 117 cm³/mol. The molecule has 0 N–H and O–H groups in total. The Hall–Kier alpha value is -2.08. The zero-order chi connectivity index (χ0) is 21.0. The van der Waals surface area contributed by atoms with Gasteiger partial charge in [0.1, 0.15) is 5.75 Å². The second kappa shape index (κ2) is 9.38. The van der Waals surface area contributed by atoms with Gasteiger partial charge in [0, 0.05) is 17.1 Å². The van der Waals surface area contributed by atoms with Gasteiger partial charge in [-0.15, -0.1) is 0 Å². The molecule has 0 radical (unpaired) electrons. The third kappa shape index (κ3) is 4.20. The van der Waals surface area contributed by atoms with Crippen molar-refractivity contribution in [1.82, 2.24) is 0 Å². The van der Waals surface area contributed by atoms with Crippen LogP contribution in [0.4, 0.5) is 5.69 Å². The lowest BCUT2D eigenvalue weighted by atomic mass is 10.00. The van der Waals surface area contributed by atoms with Crippen LogP contribution in [0.5, 0.6) is 5.75 Å². The molecule has 0 saturated carbocycles. The highest BCUT2D eigenvalue weighted by atomic mass is 35.5. The highest BCUT2D eigenvalue weighted by Crippen LogP contribution is 2.45. The number of halogens is 1. The molecule has 160 valence electrons. The van der Waals surface area contributed by atoms with Crippen molar-refractivity contribution in [3.8, 4) is 5.75 Å². The third-order valence-electron chi connectivity index (χ3n) is 5.56. The van der Waals surface area contributed by atoms with Crippen LogP contribution in [0.1, 0.15) is 43.7 Å². The van der Waals surface area contributed by atoms with Crippen molar-refractivity contribution in [2.75, 3.05) is 31.3 Å². The van der Waals surface area contributed by atoms with Crippen LogP contribution in [0.25, 0.3) is 0 Å². The van der Waals surface area contributed by atoms with E-state index in [0.717, 1.165) is 42.7 Å². The molecule has 1 saturated heterocycles. The highest BCUT2D eigenvalue weighted by Gasteiger charge is 2.54. The maximum Gasteiger partial charge on any atom is 0.292 e. The highest BCUT2D eigenvalue weighted by molar-refractivity contribution is 6.30. The van der Waals surface area contributed by atoms with E-state index in [-0.39, 0.29) is 5.91 Å². The number of anilines is 1. The Morgan fingerprint density at radius 1 is 1.10 bits per heavy atom. The smallest absolute Gasteiger partial charge is 0.292 e. The van der Waals surface area contributed by atoms with Crippen LogP contribution in [0.2, 0.25) is 5.02 Å². The minimum absolute atomic E-state index is 0.128. The Kier molecular flexibility index (Phi) is 6.61. The second-order valence-electron chi connectivity index (χ2n) is 7.73. The van der Waals surface area contributed by atoms with Gasteiger partial charge in [-0.25, -0.2) is 0 Å². The number of aryl methyl sites for hydroxylation is 1. The summed E-state index contributed by atoms with van der Waals surface area (Å²) in [4.78, 5) is 15.2. The summed E-state index contributed by atoms with van der Waals surface area (Å²) in [5, 5.41) is 0.678. The molecule has 1 fully saturated rings. The number of rotatable bonds is 8. The van der Waals surface area contributed by atoms with Crippen molar-refractivity contribution in [1.29, 1.82) is 0 Å². The maximum absolute atomic E-state index is 13.4. The van der Waals surface area contributed by atoms with Crippen molar-refractivity contribution in [2.45, 2.75) is 44.8 Å². The van der Waals surface area contributed by atoms with Crippen LogP contribution in [0, 0.1) is 0 Å². The number of ether oxygens (including phenoxy) is 3. The second-order valence-corrected chi connectivity index (χ2v) is 8.17. The number of fused-ring (bicyclic) bond motifs is 2. The van der Waals surface area contributed by atoms with Crippen LogP contribution in [0.15, 0.2) is 42.5 Å². The zero-order valence-corrected chi connectivity index (χ0v) is 18.1. The van der Waals surface area contributed by atoms with E-state index >= 15 is 0 Å². The number of carbonyl (C=O) groups is 1. The molecule has 0 unspecified atom stereocenters. The molecule has 1 amide bonds. The first-order chi connectivity index (χ1) is 14.6.